The number of nitrogens with two attached hydrogens (primary N) is 1. The summed E-state index contributed by atoms with van der Waals surface area (Å²) in [4.78, 5) is 7.41. The third kappa shape index (κ3) is 3.81. The molecular weight excluding hydrogens is 434 g/mol. The molecule has 1 aliphatic rings. The van der Waals surface area contributed by atoms with Crippen molar-refractivity contribution in [3.05, 3.63) is 58.4 Å². The average Bonchev–Trinajstić information content (AvgIpc) is 3.51. The summed E-state index contributed by atoms with van der Waals surface area (Å²) >= 11 is 6.93. The van der Waals surface area contributed by atoms with Gasteiger partial charge in [-0.05, 0) is 63.2 Å². The zero-order valence-electron chi connectivity index (χ0n) is 19.4. The molecule has 4 aromatic rings. The monoisotopic (exact) mass is 461 g/mol. The van der Waals surface area contributed by atoms with Crippen LogP contribution in [0.2, 0.25) is 5.02 Å². The number of likely N-dealkylation sites (tertiary alicyclic amines) is 1. The van der Waals surface area contributed by atoms with Crippen LogP contribution in [-0.4, -0.2) is 56.8 Å². The minimum atomic E-state index is 0.238. The van der Waals surface area contributed by atoms with Gasteiger partial charge in [-0.2, -0.15) is 10.2 Å². The molecule has 5 rings (SSSR count). The molecule has 0 bridgehead atoms. The zero-order chi connectivity index (χ0) is 23.3. The van der Waals surface area contributed by atoms with E-state index in [-0.39, 0.29) is 6.04 Å². The van der Waals surface area contributed by atoms with Gasteiger partial charge in [0.15, 0.2) is 0 Å². The molecule has 33 heavy (non-hydrogen) atoms. The Morgan fingerprint density at radius 3 is 2.82 bits per heavy atom. The molecule has 7 nitrogen and oxygen atoms in total. The van der Waals surface area contributed by atoms with E-state index in [1.807, 2.05) is 56.2 Å². The molecule has 2 aromatic heterocycles. The fourth-order valence-electron chi connectivity index (χ4n) is 4.79. The van der Waals surface area contributed by atoms with E-state index < -0.39 is 0 Å². The highest BCUT2D eigenvalue weighted by molar-refractivity contribution is 6.40. The molecule has 3 N–H and O–H groups in total. The van der Waals surface area contributed by atoms with Crippen molar-refractivity contribution in [1.82, 2.24) is 24.9 Å². The van der Waals surface area contributed by atoms with Crippen molar-refractivity contribution in [2.24, 2.45) is 17.8 Å². The van der Waals surface area contributed by atoms with Crippen molar-refractivity contribution in [3.8, 4) is 0 Å². The maximum absolute atomic E-state index is 6.93. The number of rotatable bonds is 4. The van der Waals surface area contributed by atoms with E-state index in [4.69, 9.17) is 22.3 Å². The number of hydrogen-bond acceptors (Lipinski definition) is 5. The number of aliphatic imine (C=N–C) groups is 1. The molecule has 1 aliphatic heterocycles. The van der Waals surface area contributed by atoms with Gasteiger partial charge < -0.3 is 10.6 Å². The van der Waals surface area contributed by atoms with Crippen molar-refractivity contribution >= 4 is 50.4 Å². The van der Waals surface area contributed by atoms with Crippen LogP contribution in [0, 0.1) is 6.92 Å². The molecule has 8 heteroatoms. The lowest BCUT2D eigenvalue weighted by molar-refractivity contribution is 0.411. The Bertz CT molecular complexity index is 1430. The fraction of sp³-hybridized carbons (Fsp3) is 0.320. The third-order valence-electron chi connectivity index (χ3n) is 6.55. The van der Waals surface area contributed by atoms with E-state index in [1.54, 1.807) is 0 Å². The Morgan fingerprint density at radius 1 is 1.24 bits per heavy atom. The summed E-state index contributed by atoms with van der Waals surface area (Å²) in [6.07, 6.45) is 4.70. The highest BCUT2D eigenvalue weighted by atomic mass is 35.5. The molecule has 1 saturated heterocycles. The van der Waals surface area contributed by atoms with Crippen molar-refractivity contribution in [2.45, 2.75) is 26.3 Å². The van der Waals surface area contributed by atoms with Gasteiger partial charge in [-0.15, -0.1) is 0 Å². The van der Waals surface area contributed by atoms with Gasteiger partial charge in [-0.3, -0.25) is 14.8 Å². The summed E-state index contributed by atoms with van der Waals surface area (Å²) in [7, 11) is 4.07. The van der Waals surface area contributed by atoms with Crippen LogP contribution in [0.25, 0.3) is 33.1 Å². The van der Waals surface area contributed by atoms with E-state index in [0.717, 1.165) is 69.3 Å². The Morgan fingerprint density at radius 2 is 2.06 bits per heavy atom. The summed E-state index contributed by atoms with van der Waals surface area (Å²) in [5.41, 5.74) is 14.0. The first-order valence-electron chi connectivity index (χ1n) is 11.1. The predicted octanol–water partition coefficient (Wildman–Crippen LogP) is 4.40. The van der Waals surface area contributed by atoms with Crippen molar-refractivity contribution in [2.75, 3.05) is 20.1 Å². The minimum Gasteiger partial charge on any atom is -0.398 e. The summed E-state index contributed by atoms with van der Waals surface area (Å²) in [5.74, 6) is 0. The van der Waals surface area contributed by atoms with Gasteiger partial charge in [0.1, 0.15) is 0 Å². The van der Waals surface area contributed by atoms with Crippen LogP contribution in [0.3, 0.4) is 0 Å². The second-order valence-corrected chi connectivity index (χ2v) is 9.34. The van der Waals surface area contributed by atoms with E-state index in [0.29, 0.717) is 10.7 Å². The molecule has 0 saturated carbocycles. The number of aryl methyl sites for hydroxylation is 2. The number of benzene rings is 2. The van der Waals surface area contributed by atoms with Gasteiger partial charge in [-0.25, -0.2) is 0 Å². The van der Waals surface area contributed by atoms with Gasteiger partial charge in [-0.1, -0.05) is 17.7 Å². The number of halogens is 1. The van der Waals surface area contributed by atoms with E-state index >= 15 is 0 Å². The van der Waals surface area contributed by atoms with E-state index in [1.165, 1.54) is 0 Å². The van der Waals surface area contributed by atoms with Gasteiger partial charge >= 0.3 is 0 Å². The van der Waals surface area contributed by atoms with Gasteiger partial charge in [0.25, 0.3) is 0 Å². The highest BCUT2D eigenvalue weighted by Gasteiger charge is 2.24. The Balaban J connectivity index is 1.76. The maximum Gasteiger partial charge on any atom is 0.0679 e. The first-order chi connectivity index (χ1) is 15.8. The second-order valence-electron chi connectivity index (χ2n) is 8.96. The molecule has 1 atom stereocenters. The maximum atomic E-state index is 6.93. The lowest BCUT2D eigenvalue weighted by Crippen LogP contribution is -2.17. The molecule has 0 amide bonds. The van der Waals surface area contributed by atoms with Crippen LogP contribution >= 0.6 is 11.6 Å². The zero-order valence-corrected chi connectivity index (χ0v) is 20.1. The standard InChI is InChI=1S/C25H28ClN7/c1-14-9-20-19(12-28-31-20)23(24(14)26)22(15(2)30-18-7-8-32(3)13-18)25(27)16-5-6-21-17(10-16)11-29-33(21)4/h5-6,9-12,18H,7-8,13,27H2,1-4H3,(H,28,31)/b25-22+,30-15?. The van der Waals surface area contributed by atoms with Crippen LogP contribution < -0.4 is 5.73 Å². The number of aromatic amines is 1. The summed E-state index contributed by atoms with van der Waals surface area (Å²) in [5, 5.41) is 14.4. The summed E-state index contributed by atoms with van der Waals surface area (Å²) < 4.78 is 1.86. The van der Waals surface area contributed by atoms with Gasteiger partial charge in [0, 0.05) is 46.9 Å². The summed E-state index contributed by atoms with van der Waals surface area (Å²) in [6.45, 7) is 6.02. The molecule has 1 fully saturated rings. The molecular formula is C25H28ClN7. The normalized spacial score (nSPS) is 18.5. The molecule has 0 spiro atoms. The number of nitrogens with one attached hydrogen (secondary N) is 1. The first kappa shape index (κ1) is 21.7. The number of nitrogens with zero attached hydrogens (tertiary/aromatic N) is 5. The smallest absolute Gasteiger partial charge is 0.0679 e. The lowest BCUT2D eigenvalue weighted by Gasteiger charge is -2.18. The van der Waals surface area contributed by atoms with Crippen LogP contribution in [-0.2, 0) is 7.05 Å². The number of likely N-dealkylation sites (N-methyl/N-ethyl adjacent to an activating group) is 1. The molecule has 0 aliphatic carbocycles. The molecule has 0 radical (unpaired) electrons. The largest absolute Gasteiger partial charge is 0.398 e. The number of aromatic nitrogens is 4. The highest BCUT2D eigenvalue weighted by Crippen LogP contribution is 2.38. The average molecular weight is 462 g/mol. The lowest BCUT2D eigenvalue weighted by atomic mass is 9.92. The number of H-pyrrole nitrogens is 1. The molecule has 1 unspecified atom stereocenters. The third-order valence-corrected chi connectivity index (χ3v) is 7.03. The van der Waals surface area contributed by atoms with Crippen LogP contribution in [0.1, 0.15) is 30.0 Å². The fourth-order valence-corrected chi connectivity index (χ4v) is 5.04. The quantitative estimate of drug-likeness (QED) is 0.348. The predicted molar refractivity (Wildman–Crippen MR) is 137 cm³/mol. The SMILES string of the molecule is CC(=NC1CCN(C)C1)/C(=C(\N)c1ccc2c(cnn2C)c1)c1c(Cl)c(C)cc2[nH]ncc12. The Labute approximate surface area is 197 Å². The van der Waals surface area contributed by atoms with E-state index in [2.05, 4.69) is 33.3 Å². The first-order valence-corrected chi connectivity index (χ1v) is 11.5. The van der Waals surface area contributed by atoms with Crippen molar-refractivity contribution in [3.63, 3.8) is 0 Å². The summed E-state index contributed by atoms with van der Waals surface area (Å²) in [6, 6.07) is 8.41. The van der Waals surface area contributed by atoms with E-state index in [9.17, 15) is 0 Å². The topological polar surface area (TPSA) is 88.1 Å². The molecule has 170 valence electrons. The Kier molecular flexibility index (Phi) is 5.46. The van der Waals surface area contributed by atoms with Crippen LogP contribution in [0.15, 0.2) is 41.7 Å². The second kappa shape index (κ2) is 8.32. The van der Waals surface area contributed by atoms with Gasteiger partial charge in [0.05, 0.1) is 34.5 Å². The van der Waals surface area contributed by atoms with Gasteiger partial charge in [0.2, 0.25) is 0 Å². The number of allylic oxidation sites excluding steroid dienone is 1. The minimum absolute atomic E-state index is 0.238. The van der Waals surface area contributed by atoms with Crippen LogP contribution in [0.4, 0.5) is 0 Å². The van der Waals surface area contributed by atoms with Crippen molar-refractivity contribution < 1.29 is 0 Å². The van der Waals surface area contributed by atoms with Crippen LogP contribution in [0.5, 0.6) is 0 Å². The molecule has 2 aromatic carbocycles. The molecule has 3 heterocycles. The number of fused-ring (bicyclic) bond motifs is 2. The number of hydrogen-bond donors (Lipinski definition) is 2. The van der Waals surface area contributed by atoms with Crippen molar-refractivity contribution in [1.29, 1.82) is 0 Å². The Hall–Kier alpha value is -3.16.